The number of amidine groups is 1. The van der Waals surface area contributed by atoms with Gasteiger partial charge in [-0.15, -0.1) is 0 Å². The number of nitrogens with zero attached hydrogens (tertiary/aromatic N) is 2. The molecule has 0 atom stereocenters. The molecule has 0 bridgehead atoms. The van der Waals surface area contributed by atoms with Crippen molar-refractivity contribution in [2.24, 2.45) is 0 Å². The second-order valence-corrected chi connectivity index (χ2v) is 8.16. The second-order valence-electron chi connectivity index (χ2n) is 8.16. The van der Waals surface area contributed by atoms with E-state index in [0.717, 1.165) is 31.3 Å². The van der Waals surface area contributed by atoms with Crippen LogP contribution in [0, 0.1) is 11.2 Å². The summed E-state index contributed by atoms with van der Waals surface area (Å²) in [6, 6.07) is 7.43. The molecule has 1 aromatic heterocycles. The lowest BCUT2D eigenvalue weighted by Gasteiger charge is -2.35. The van der Waals surface area contributed by atoms with E-state index in [1.807, 2.05) is 6.07 Å². The van der Waals surface area contributed by atoms with Crippen LogP contribution in [0.2, 0.25) is 0 Å². The van der Waals surface area contributed by atoms with Crippen molar-refractivity contribution in [2.45, 2.75) is 57.5 Å². The van der Waals surface area contributed by atoms with E-state index < -0.39 is 0 Å². The van der Waals surface area contributed by atoms with Gasteiger partial charge < -0.3 is 15.5 Å². The second kappa shape index (κ2) is 8.45. The van der Waals surface area contributed by atoms with Crippen molar-refractivity contribution in [3.8, 4) is 0 Å². The standard InChI is InChI=1S/C22H28FN5O/c1-14(29)25-21(24)19-12-15-6-7-16(23)13-20(15)27-22(19)28-10-8-18(9-11-28)26-17-4-2-3-5-17/h6-7,12-13,17-18,26H,2-5,8-11H2,1H3,(H2,24,25,29). The van der Waals surface area contributed by atoms with Crippen molar-refractivity contribution >= 4 is 28.5 Å². The van der Waals surface area contributed by atoms with Crippen molar-refractivity contribution in [3.05, 3.63) is 35.6 Å². The number of amides is 1. The largest absolute Gasteiger partial charge is 0.356 e. The Morgan fingerprint density at radius 2 is 1.83 bits per heavy atom. The molecule has 0 spiro atoms. The van der Waals surface area contributed by atoms with E-state index in [0.29, 0.717) is 29.0 Å². The maximum Gasteiger partial charge on any atom is 0.222 e. The molecule has 2 heterocycles. The average molecular weight is 397 g/mol. The van der Waals surface area contributed by atoms with Gasteiger partial charge in [0, 0.05) is 43.5 Å². The van der Waals surface area contributed by atoms with Gasteiger partial charge in [0.15, 0.2) is 0 Å². The molecule has 1 saturated carbocycles. The molecule has 29 heavy (non-hydrogen) atoms. The molecule has 1 aliphatic carbocycles. The molecule has 2 aromatic rings. The molecule has 3 N–H and O–H groups in total. The molecular formula is C22H28FN5O. The highest BCUT2D eigenvalue weighted by Gasteiger charge is 2.26. The van der Waals surface area contributed by atoms with Crippen molar-refractivity contribution < 1.29 is 9.18 Å². The third kappa shape index (κ3) is 4.56. The zero-order chi connectivity index (χ0) is 20.4. The first-order valence-corrected chi connectivity index (χ1v) is 10.5. The first-order valence-electron chi connectivity index (χ1n) is 10.5. The van der Waals surface area contributed by atoms with Gasteiger partial charge in [-0.3, -0.25) is 10.2 Å². The lowest BCUT2D eigenvalue weighted by Crippen LogP contribution is -2.46. The van der Waals surface area contributed by atoms with Gasteiger partial charge in [-0.25, -0.2) is 9.37 Å². The van der Waals surface area contributed by atoms with E-state index >= 15 is 0 Å². The number of fused-ring (bicyclic) bond motifs is 1. The number of carbonyl (C=O) groups is 1. The molecule has 4 rings (SSSR count). The summed E-state index contributed by atoms with van der Waals surface area (Å²) in [4.78, 5) is 18.3. The normalized spacial score (nSPS) is 18.3. The Hall–Kier alpha value is -2.54. The van der Waals surface area contributed by atoms with Crippen LogP contribution in [0.15, 0.2) is 24.3 Å². The molecule has 1 saturated heterocycles. The summed E-state index contributed by atoms with van der Waals surface area (Å²) in [7, 11) is 0. The van der Waals surface area contributed by atoms with Crippen molar-refractivity contribution in [3.63, 3.8) is 0 Å². The zero-order valence-corrected chi connectivity index (χ0v) is 16.8. The number of hydrogen-bond acceptors (Lipinski definition) is 5. The fourth-order valence-corrected chi connectivity index (χ4v) is 4.48. The molecule has 1 aliphatic heterocycles. The number of benzene rings is 1. The van der Waals surface area contributed by atoms with Crippen LogP contribution in [-0.2, 0) is 4.79 Å². The van der Waals surface area contributed by atoms with Crippen LogP contribution in [0.3, 0.4) is 0 Å². The number of pyridine rings is 1. The van der Waals surface area contributed by atoms with Gasteiger partial charge in [0.1, 0.15) is 17.5 Å². The number of rotatable bonds is 4. The minimum absolute atomic E-state index is 0.0254. The Labute approximate surface area is 170 Å². The maximum absolute atomic E-state index is 13.7. The summed E-state index contributed by atoms with van der Waals surface area (Å²) in [5, 5.41) is 15.4. The van der Waals surface area contributed by atoms with Crippen LogP contribution in [0.25, 0.3) is 10.9 Å². The number of hydrogen-bond donors (Lipinski definition) is 3. The van der Waals surface area contributed by atoms with Crippen molar-refractivity contribution in [1.82, 2.24) is 15.6 Å². The summed E-state index contributed by atoms with van der Waals surface area (Å²) in [5.74, 6) is 0.0401. The Balaban J connectivity index is 1.57. The monoisotopic (exact) mass is 397 g/mol. The number of carbonyl (C=O) groups excluding carboxylic acids is 1. The summed E-state index contributed by atoms with van der Waals surface area (Å²) < 4.78 is 13.7. The molecule has 1 amide bonds. The summed E-state index contributed by atoms with van der Waals surface area (Å²) in [6.45, 7) is 3.02. The Kier molecular flexibility index (Phi) is 5.76. The molecule has 0 radical (unpaired) electrons. The molecule has 1 aromatic carbocycles. The molecule has 6 nitrogen and oxygen atoms in total. The number of anilines is 1. The van der Waals surface area contributed by atoms with Gasteiger partial charge in [-0.05, 0) is 43.9 Å². The van der Waals surface area contributed by atoms with Crippen LogP contribution in [0.5, 0.6) is 0 Å². The first kappa shape index (κ1) is 19.8. The van der Waals surface area contributed by atoms with Crippen molar-refractivity contribution in [2.75, 3.05) is 18.0 Å². The molecule has 0 unspecified atom stereocenters. The lowest BCUT2D eigenvalue weighted by molar-refractivity contribution is -0.117. The molecular weight excluding hydrogens is 369 g/mol. The summed E-state index contributed by atoms with van der Waals surface area (Å²) >= 11 is 0. The molecule has 2 fully saturated rings. The van der Waals surface area contributed by atoms with Crippen molar-refractivity contribution in [1.29, 1.82) is 5.41 Å². The smallest absolute Gasteiger partial charge is 0.222 e. The highest BCUT2D eigenvalue weighted by Crippen LogP contribution is 2.28. The van der Waals surface area contributed by atoms with Crippen LogP contribution in [-0.4, -0.2) is 41.9 Å². The molecule has 154 valence electrons. The summed E-state index contributed by atoms with van der Waals surface area (Å²) in [6.07, 6.45) is 7.20. The first-order chi connectivity index (χ1) is 14.0. The number of aromatic nitrogens is 1. The van der Waals surface area contributed by atoms with E-state index in [9.17, 15) is 9.18 Å². The van der Waals surface area contributed by atoms with E-state index in [2.05, 4.69) is 20.5 Å². The fourth-order valence-electron chi connectivity index (χ4n) is 4.48. The molecule has 7 heteroatoms. The zero-order valence-electron chi connectivity index (χ0n) is 16.8. The average Bonchev–Trinajstić information content (AvgIpc) is 3.20. The van der Waals surface area contributed by atoms with Gasteiger partial charge in [0.25, 0.3) is 0 Å². The van der Waals surface area contributed by atoms with Crippen LogP contribution >= 0.6 is 0 Å². The van der Waals surface area contributed by atoms with Gasteiger partial charge in [0.05, 0.1) is 11.1 Å². The Morgan fingerprint density at radius 1 is 1.14 bits per heavy atom. The van der Waals surface area contributed by atoms with Crippen LogP contribution in [0.4, 0.5) is 10.2 Å². The Bertz CT molecular complexity index is 917. The Morgan fingerprint density at radius 3 is 2.52 bits per heavy atom. The predicted octanol–water partition coefficient (Wildman–Crippen LogP) is 3.34. The minimum atomic E-state index is -0.333. The van der Waals surface area contributed by atoms with Crippen LogP contribution in [0.1, 0.15) is 51.0 Å². The van der Waals surface area contributed by atoms with Gasteiger partial charge in [-0.1, -0.05) is 12.8 Å². The molecule has 2 aliphatic rings. The lowest BCUT2D eigenvalue weighted by atomic mass is 10.0. The maximum atomic E-state index is 13.7. The number of piperidine rings is 1. The summed E-state index contributed by atoms with van der Waals surface area (Å²) in [5.41, 5.74) is 1.13. The van der Waals surface area contributed by atoms with E-state index in [1.54, 1.807) is 6.07 Å². The third-order valence-electron chi connectivity index (χ3n) is 5.95. The van der Waals surface area contributed by atoms with Gasteiger partial charge >= 0.3 is 0 Å². The van der Waals surface area contributed by atoms with Gasteiger partial charge in [-0.2, -0.15) is 0 Å². The van der Waals surface area contributed by atoms with E-state index in [1.165, 1.54) is 44.7 Å². The van der Waals surface area contributed by atoms with Crippen LogP contribution < -0.4 is 15.5 Å². The number of halogens is 1. The SMILES string of the molecule is CC(=O)NC(=N)c1cc2ccc(F)cc2nc1N1CCC(NC2CCCC2)CC1. The van der Waals surface area contributed by atoms with E-state index in [-0.39, 0.29) is 17.6 Å². The highest BCUT2D eigenvalue weighted by molar-refractivity contribution is 6.10. The third-order valence-corrected chi connectivity index (χ3v) is 5.95. The van der Waals surface area contributed by atoms with E-state index in [4.69, 9.17) is 5.41 Å². The van der Waals surface area contributed by atoms with Gasteiger partial charge in [0.2, 0.25) is 5.91 Å². The highest BCUT2D eigenvalue weighted by atomic mass is 19.1. The minimum Gasteiger partial charge on any atom is -0.356 e. The fraction of sp³-hybridized carbons (Fsp3) is 0.500. The predicted molar refractivity (Wildman–Crippen MR) is 113 cm³/mol. The topological polar surface area (TPSA) is 81.1 Å². The number of nitrogens with one attached hydrogen (secondary N) is 3. The quantitative estimate of drug-likeness (QED) is 0.546.